The molecule has 0 saturated heterocycles. The van der Waals surface area contributed by atoms with Crippen molar-refractivity contribution in [3.63, 3.8) is 0 Å². The van der Waals surface area contributed by atoms with Crippen molar-refractivity contribution in [3.05, 3.63) is 58.9 Å². The average Bonchev–Trinajstić information content (AvgIpc) is 3.39. The molecule has 3 aromatic rings. The van der Waals surface area contributed by atoms with Crippen LogP contribution >= 0.6 is 0 Å². The number of aryl methyl sites for hydroxylation is 1. The van der Waals surface area contributed by atoms with Gasteiger partial charge in [-0.3, -0.25) is 0 Å². The predicted octanol–water partition coefficient (Wildman–Crippen LogP) is 2.85. The fourth-order valence-corrected chi connectivity index (χ4v) is 4.56. The topological polar surface area (TPSA) is 69.9 Å². The van der Waals surface area contributed by atoms with Crippen molar-refractivity contribution in [1.29, 1.82) is 0 Å². The molecular formula is C21H19N3O4. The first kappa shape index (κ1) is 15.8. The molecule has 1 atom stereocenters. The van der Waals surface area contributed by atoms with Gasteiger partial charge >= 0.3 is 0 Å². The lowest BCUT2D eigenvalue weighted by Crippen LogP contribution is -2.36. The van der Waals surface area contributed by atoms with Gasteiger partial charge in [-0.15, -0.1) is 0 Å². The summed E-state index contributed by atoms with van der Waals surface area (Å²) in [6.07, 6.45) is 0. The van der Waals surface area contributed by atoms with Crippen molar-refractivity contribution >= 4 is 5.69 Å². The molecule has 4 heterocycles. The number of nitrogens with zero attached hydrogens (tertiary/aromatic N) is 3. The van der Waals surface area contributed by atoms with Crippen LogP contribution in [-0.4, -0.2) is 36.7 Å². The maximum atomic E-state index is 6.16. The van der Waals surface area contributed by atoms with Crippen LogP contribution in [0.2, 0.25) is 0 Å². The molecule has 0 radical (unpaired) electrons. The Morgan fingerprint density at radius 1 is 0.964 bits per heavy atom. The average molecular weight is 377 g/mol. The summed E-state index contributed by atoms with van der Waals surface area (Å²) >= 11 is 0. The van der Waals surface area contributed by atoms with Gasteiger partial charge in [-0.25, -0.2) is 4.63 Å². The fourth-order valence-electron chi connectivity index (χ4n) is 4.56. The zero-order valence-corrected chi connectivity index (χ0v) is 15.5. The molecule has 7 heteroatoms. The number of fused-ring (bicyclic) bond motifs is 5. The van der Waals surface area contributed by atoms with Gasteiger partial charge in [0.2, 0.25) is 0 Å². The Bertz CT molecular complexity index is 1080. The number of benzene rings is 2. The zero-order chi connectivity index (χ0) is 18.7. The van der Waals surface area contributed by atoms with Gasteiger partial charge in [-0.05, 0) is 24.6 Å². The third kappa shape index (κ3) is 2.10. The van der Waals surface area contributed by atoms with Crippen molar-refractivity contribution in [2.24, 2.45) is 0 Å². The maximum Gasteiger partial charge on any atom is 0.165 e. The Kier molecular flexibility index (Phi) is 3.18. The van der Waals surface area contributed by atoms with E-state index in [0.717, 1.165) is 40.7 Å². The highest BCUT2D eigenvalue weighted by molar-refractivity contribution is 5.70. The largest absolute Gasteiger partial charge is 0.492 e. The van der Waals surface area contributed by atoms with E-state index in [1.165, 1.54) is 11.3 Å². The summed E-state index contributed by atoms with van der Waals surface area (Å²) < 4.78 is 22.6. The van der Waals surface area contributed by atoms with Crippen LogP contribution < -0.4 is 19.1 Å². The first-order chi connectivity index (χ1) is 13.7. The van der Waals surface area contributed by atoms with Crippen molar-refractivity contribution < 1.29 is 18.8 Å². The highest BCUT2D eigenvalue weighted by Crippen LogP contribution is 2.54. The molecule has 0 saturated carbocycles. The van der Waals surface area contributed by atoms with Crippen LogP contribution in [0.15, 0.2) is 41.0 Å². The van der Waals surface area contributed by atoms with Crippen LogP contribution in [0.3, 0.4) is 0 Å². The third-order valence-corrected chi connectivity index (χ3v) is 5.94. The summed E-state index contributed by atoms with van der Waals surface area (Å²) in [6, 6.07) is 12.6. The zero-order valence-electron chi connectivity index (χ0n) is 15.5. The Hall–Kier alpha value is -3.22. The molecule has 2 aromatic carbocycles. The lowest BCUT2D eigenvalue weighted by atomic mass is 9.77. The van der Waals surface area contributed by atoms with Crippen LogP contribution in [0.4, 0.5) is 5.69 Å². The van der Waals surface area contributed by atoms with Gasteiger partial charge in [0.15, 0.2) is 11.5 Å². The van der Waals surface area contributed by atoms with E-state index >= 15 is 0 Å². The first-order valence-corrected chi connectivity index (χ1v) is 9.44. The molecule has 6 rings (SSSR count). The standard InChI is InChI=1S/C21H19N3O4/c1-13-16(23-28-22-13)10-24-11-21(14-4-2-3-5-17(14)24)12-27-18-9-20-19(8-15(18)21)25-6-7-26-20/h2-5,8-9H,6-7,10-12H2,1H3. The Labute approximate surface area is 161 Å². The molecular weight excluding hydrogens is 358 g/mol. The van der Waals surface area contributed by atoms with E-state index in [4.69, 9.17) is 18.8 Å². The maximum absolute atomic E-state index is 6.16. The summed E-state index contributed by atoms with van der Waals surface area (Å²) in [6.45, 7) is 5.09. The number of hydrogen-bond acceptors (Lipinski definition) is 7. The van der Waals surface area contributed by atoms with Crippen molar-refractivity contribution in [1.82, 2.24) is 10.3 Å². The highest BCUT2D eigenvalue weighted by Gasteiger charge is 2.50. The summed E-state index contributed by atoms with van der Waals surface area (Å²) in [5.74, 6) is 2.43. The number of aromatic nitrogens is 2. The SMILES string of the molecule is Cc1nonc1CN1CC2(COc3cc4c(cc32)OCCO4)c2ccccc21. The highest BCUT2D eigenvalue weighted by atomic mass is 16.6. The van der Waals surface area contributed by atoms with Gasteiger partial charge in [0, 0.05) is 23.9 Å². The van der Waals surface area contributed by atoms with Crippen LogP contribution in [0.1, 0.15) is 22.5 Å². The second-order valence-corrected chi connectivity index (χ2v) is 7.53. The van der Waals surface area contributed by atoms with Crippen molar-refractivity contribution in [2.45, 2.75) is 18.9 Å². The Morgan fingerprint density at radius 3 is 2.61 bits per heavy atom. The van der Waals surface area contributed by atoms with E-state index in [9.17, 15) is 0 Å². The quantitative estimate of drug-likeness (QED) is 0.680. The lowest BCUT2D eigenvalue weighted by Gasteiger charge is -2.26. The van der Waals surface area contributed by atoms with Gasteiger partial charge in [-0.1, -0.05) is 28.5 Å². The number of ether oxygens (including phenoxy) is 3. The smallest absolute Gasteiger partial charge is 0.165 e. The molecule has 7 nitrogen and oxygen atoms in total. The molecule has 0 amide bonds. The third-order valence-electron chi connectivity index (χ3n) is 5.94. The summed E-state index contributed by atoms with van der Waals surface area (Å²) in [4.78, 5) is 2.33. The molecule has 142 valence electrons. The number of rotatable bonds is 2. The molecule has 0 fully saturated rings. The van der Waals surface area contributed by atoms with Crippen molar-refractivity contribution in [3.8, 4) is 17.2 Å². The van der Waals surface area contributed by atoms with E-state index in [-0.39, 0.29) is 5.41 Å². The Morgan fingerprint density at radius 2 is 1.79 bits per heavy atom. The lowest BCUT2D eigenvalue weighted by molar-refractivity contribution is 0.171. The second-order valence-electron chi connectivity index (χ2n) is 7.53. The van der Waals surface area contributed by atoms with Crippen LogP contribution in [0.25, 0.3) is 0 Å². The molecule has 0 aliphatic carbocycles. The molecule has 1 unspecified atom stereocenters. The second kappa shape index (κ2) is 5.64. The van der Waals surface area contributed by atoms with E-state index in [1.807, 2.05) is 13.0 Å². The molecule has 1 aromatic heterocycles. The minimum atomic E-state index is -0.243. The normalized spacial score (nSPS) is 21.5. The molecule has 0 bridgehead atoms. The molecule has 0 N–H and O–H groups in total. The summed E-state index contributed by atoms with van der Waals surface area (Å²) in [7, 11) is 0. The van der Waals surface area contributed by atoms with Gasteiger partial charge in [0.1, 0.15) is 37.0 Å². The van der Waals surface area contributed by atoms with Gasteiger partial charge in [-0.2, -0.15) is 0 Å². The van der Waals surface area contributed by atoms with E-state index in [2.05, 4.69) is 45.5 Å². The van der Waals surface area contributed by atoms with Gasteiger partial charge in [0.25, 0.3) is 0 Å². The molecule has 3 aliphatic heterocycles. The summed E-state index contributed by atoms with van der Waals surface area (Å²) in [5, 5.41) is 7.99. The van der Waals surface area contributed by atoms with Crippen molar-refractivity contribution in [2.75, 3.05) is 31.3 Å². The number of para-hydroxylation sites is 1. The first-order valence-electron chi connectivity index (χ1n) is 9.44. The van der Waals surface area contributed by atoms with Crippen LogP contribution in [-0.2, 0) is 12.0 Å². The molecule has 28 heavy (non-hydrogen) atoms. The van der Waals surface area contributed by atoms with Crippen LogP contribution in [0.5, 0.6) is 17.2 Å². The predicted molar refractivity (Wildman–Crippen MR) is 100 cm³/mol. The van der Waals surface area contributed by atoms with Crippen LogP contribution in [0, 0.1) is 6.92 Å². The number of hydrogen-bond donors (Lipinski definition) is 0. The monoisotopic (exact) mass is 377 g/mol. The molecule has 1 spiro atoms. The van der Waals surface area contributed by atoms with Gasteiger partial charge in [0.05, 0.1) is 12.0 Å². The van der Waals surface area contributed by atoms with E-state index in [1.54, 1.807) is 0 Å². The molecule has 3 aliphatic rings. The van der Waals surface area contributed by atoms with Gasteiger partial charge < -0.3 is 19.1 Å². The van der Waals surface area contributed by atoms with E-state index in [0.29, 0.717) is 26.4 Å². The fraction of sp³-hybridized carbons (Fsp3) is 0.333. The minimum Gasteiger partial charge on any atom is -0.492 e. The number of anilines is 1. The summed E-state index contributed by atoms with van der Waals surface area (Å²) in [5.41, 5.74) is 5.04. The van der Waals surface area contributed by atoms with E-state index < -0.39 is 0 Å². The minimum absolute atomic E-state index is 0.243. The Balaban J connectivity index is 1.46.